The Morgan fingerprint density at radius 3 is 2.69 bits per heavy atom. The molecule has 0 aromatic rings. The quantitative estimate of drug-likeness (QED) is 0.665. The Bertz CT molecular complexity index is 193. The monoisotopic (exact) mass is 182 g/mol. The Morgan fingerprint density at radius 2 is 2.08 bits per heavy atom. The Hall–Kier alpha value is -0.300. The largest absolute Gasteiger partial charge is 0.396 e. The zero-order valence-electron chi connectivity index (χ0n) is 9.14. The molecule has 2 unspecified atom stereocenters. The van der Waals surface area contributed by atoms with Crippen LogP contribution in [0.5, 0.6) is 0 Å². The summed E-state index contributed by atoms with van der Waals surface area (Å²) < 4.78 is 0. The van der Waals surface area contributed by atoms with Gasteiger partial charge in [0.2, 0.25) is 0 Å². The maximum Gasteiger partial charge on any atom is 0.0431 e. The molecular formula is C12H22O. The van der Waals surface area contributed by atoms with E-state index >= 15 is 0 Å². The van der Waals surface area contributed by atoms with Gasteiger partial charge in [-0.1, -0.05) is 18.1 Å². The van der Waals surface area contributed by atoms with Crippen LogP contribution in [0.1, 0.15) is 46.5 Å². The van der Waals surface area contributed by atoms with Gasteiger partial charge >= 0.3 is 0 Å². The lowest BCUT2D eigenvalue weighted by Gasteiger charge is -2.31. The molecule has 0 spiro atoms. The molecule has 0 bridgehead atoms. The molecular weight excluding hydrogens is 160 g/mol. The summed E-state index contributed by atoms with van der Waals surface area (Å²) >= 11 is 0. The second-order valence-corrected chi connectivity index (χ2v) is 4.42. The second kappa shape index (κ2) is 4.80. The van der Waals surface area contributed by atoms with Crippen molar-refractivity contribution >= 4 is 0 Å². The first-order valence-electron chi connectivity index (χ1n) is 5.44. The van der Waals surface area contributed by atoms with Crippen molar-refractivity contribution in [3.8, 4) is 0 Å². The first-order chi connectivity index (χ1) is 6.16. The van der Waals surface area contributed by atoms with E-state index in [4.69, 9.17) is 5.11 Å². The Morgan fingerprint density at radius 1 is 1.38 bits per heavy atom. The average Bonchev–Trinajstić information content (AvgIpc) is 2.13. The molecule has 76 valence electrons. The normalized spacial score (nSPS) is 29.5. The molecule has 1 heteroatoms. The summed E-state index contributed by atoms with van der Waals surface area (Å²) in [5, 5.41) is 8.79. The third kappa shape index (κ3) is 2.57. The maximum atomic E-state index is 8.79. The van der Waals surface area contributed by atoms with E-state index in [1.165, 1.54) is 19.3 Å². The first-order valence-corrected chi connectivity index (χ1v) is 5.44. The molecule has 13 heavy (non-hydrogen) atoms. The van der Waals surface area contributed by atoms with Gasteiger partial charge in [0.05, 0.1) is 0 Å². The van der Waals surface area contributed by atoms with Crippen molar-refractivity contribution in [1.82, 2.24) is 0 Å². The highest BCUT2D eigenvalue weighted by molar-refractivity contribution is 5.16. The van der Waals surface area contributed by atoms with E-state index in [2.05, 4.69) is 20.8 Å². The van der Waals surface area contributed by atoms with Gasteiger partial charge in [0.15, 0.2) is 0 Å². The van der Waals surface area contributed by atoms with Gasteiger partial charge in [-0.05, 0) is 51.4 Å². The molecule has 0 fully saturated rings. The molecule has 0 aromatic heterocycles. The van der Waals surface area contributed by atoms with E-state index in [0.717, 1.165) is 18.3 Å². The number of hydrogen-bond acceptors (Lipinski definition) is 1. The predicted molar refractivity (Wildman–Crippen MR) is 56.6 cm³/mol. The van der Waals surface area contributed by atoms with Crippen molar-refractivity contribution < 1.29 is 5.11 Å². The van der Waals surface area contributed by atoms with Crippen LogP contribution >= 0.6 is 0 Å². The van der Waals surface area contributed by atoms with E-state index < -0.39 is 0 Å². The highest BCUT2D eigenvalue weighted by Crippen LogP contribution is 2.36. The Balaban J connectivity index is 2.52. The van der Waals surface area contributed by atoms with Gasteiger partial charge < -0.3 is 5.11 Å². The lowest BCUT2D eigenvalue weighted by Crippen LogP contribution is -2.19. The van der Waals surface area contributed by atoms with Crippen LogP contribution in [-0.4, -0.2) is 11.7 Å². The summed E-state index contributed by atoms with van der Waals surface area (Å²) in [5.74, 6) is 1.55. The minimum atomic E-state index is 0.352. The smallest absolute Gasteiger partial charge is 0.0431 e. The van der Waals surface area contributed by atoms with E-state index in [0.29, 0.717) is 6.61 Å². The molecule has 1 N–H and O–H groups in total. The Kier molecular flexibility index (Phi) is 3.98. The number of hydrogen-bond donors (Lipinski definition) is 1. The lowest BCUT2D eigenvalue weighted by molar-refractivity contribution is 0.248. The number of aliphatic hydroxyl groups excluding tert-OH is 1. The standard InChI is InChI=1S/C12H22O/c1-9-6-7-12(5-4-8-13)11(3)10(9)2/h11-13H,4-8H2,1-3H3. The molecule has 0 heterocycles. The van der Waals surface area contributed by atoms with Crippen LogP contribution in [0.25, 0.3) is 0 Å². The van der Waals surface area contributed by atoms with Crippen molar-refractivity contribution in [3.05, 3.63) is 11.1 Å². The van der Waals surface area contributed by atoms with E-state index in [9.17, 15) is 0 Å². The molecule has 0 saturated heterocycles. The van der Waals surface area contributed by atoms with Crippen molar-refractivity contribution in [3.63, 3.8) is 0 Å². The molecule has 1 aliphatic rings. The summed E-state index contributed by atoms with van der Waals surface area (Å²) in [7, 11) is 0. The number of aliphatic hydroxyl groups is 1. The van der Waals surface area contributed by atoms with Gasteiger partial charge in [-0.2, -0.15) is 0 Å². The summed E-state index contributed by atoms with van der Waals surface area (Å²) in [6, 6.07) is 0. The van der Waals surface area contributed by atoms with Crippen molar-refractivity contribution in [2.75, 3.05) is 6.61 Å². The SMILES string of the molecule is CC1=C(C)C(C)C(CCCO)CC1. The summed E-state index contributed by atoms with van der Waals surface area (Å²) in [6.45, 7) is 7.21. The first kappa shape index (κ1) is 10.8. The van der Waals surface area contributed by atoms with Gasteiger partial charge in [-0.3, -0.25) is 0 Å². The summed E-state index contributed by atoms with van der Waals surface area (Å²) in [6.07, 6.45) is 4.76. The van der Waals surface area contributed by atoms with E-state index in [-0.39, 0.29) is 0 Å². The highest BCUT2D eigenvalue weighted by atomic mass is 16.2. The Labute approximate surface area is 81.9 Å². The molecule has 0 radical (unpaired) electrons. The summed E-state index contributed by atoms with van der Waals surface area (Å²) in [5.41, 5.74) is 3.18. The topological polar surface area (TPSA) is 20.2 Å². The molecule has 2 atom stereocenters. The van der Waals surface area contributed by atoms with Crippen LogP contribution in [0.15, 0.2) is 11.1 Å². The van der Waals surface area contributed by atoms with Crippen LogP contribution in [0, 0.1) is 11.8 Å². The molecule has 0 aromatic carbocycles. The number of rotatable bonds is 3. The molecule has 1 aliphatic carbocycles. The van der Waals surface area contributed by atoms with Gasteiger partial charge in [0.1, 0.15) is 0 Å². The molecule has 0 saturated carbocycles. The fraction of sp³-hybridized carbons (Fsp3) is 0.833. The fourth-order valence-electron chi connectivity index (χ4n) is 2.34. The van der Waals surface area contributed by atoms with Gasteiger partial charge in [-0.15, -0.1) is 0 Å². The average molecular weight is 182 g/mol. The minimum Gasteiger partial charge on any atom is -0.396 e. The van der Waals surface area contributed by atoms with Crippen molar-refractivity contribution in [2.45, 2.75) is 46.5 Å². The third-order valence-electron chi connectivity index (χ3n) is 3.69. The van der Waals surface area contributed by atoms with Crippen LogP contribution in [0.4, 0.5) is 0 Å². The zero-order valence-corrected chi connectivity index (χ0v) is 9.14. The van der Waals surface area contributed by atoms with Gasteiger partial charge in [0, 0.05) is 6.61 Å². The number of allylic oxidation sites excluding steroid dienone is 2. The van der Waals surface area contributed by atoms with Gasteiger partial charge in [-0.25, -0.2) is 0 Å². The highest BCUT2D eigenvalue weighted by Gasteiger charge is 2.23. The van der Waals surface area contributed by atoms with Crippen molar-refractivity contribution in [2.24, 2.45) is 11.8 Å². The zero-order chi connectivity index (χ0) is 9.84. The van der Waals surface area contributed by atoms with Gasteiger partial charge in [0.25, 0.3) is 0 Å². The van der Waals surface area contributed by atoms with Crippen LogP contribution < -0.4 is 0 Å². The molecule has 0 aliphatic heterocycles. The lowest BCUT2D eigenvalue weighted by atomic mass is 9.75. The molecule has 0 amide bonds. The predicted octanol–water partition coefficient (Wildman–Crippen LogP) is 3.14. The minimum absolute atomic E-state index is 0.352. The molecule has 1 rings (SSSR count). The maximum absolute atomic E-state index is 8.79. The van der Waals surface area contributed by atoms with E-state index in [1.54, 1.807) is 11.1 Å². The third-order valence-corrected chi connectivity index (χ3v) is 3.69. The summed E-state index contributed by atoms with van der Waals surface area (Å²) in [4.78, 5) is 0. The molecule has 1 nitrogen and oxygen atoms in total. The van der Waals surface area contributed by atoms with E-state index in [1.807, 2.05) is 0 Å². The van der Waals surface area contributed by atoms with Crippen molar-refractivity contribution in [1.29, 1.82) is 0 Å². The second-order valence-electron chi connectivity index (χ2n) is 4.42. The fourth-order valence-corrected chi connectivity index (χ4v) is 2.34. The van der Waals surface area contributed by atoms with Crippen LogP contribution in [0.2, 0.25) is 0 Å². The van der Waals surface area contributed by atoms with Crippen LogP contribution in [-0.2, 0) is 0 Å². The van der Waals surface area contributed by atoms with Crippen LogP contribution in [0.3, 0.4) is 0 Å².